The molecule has 0 aliphatic rings. The number of hydrogen-bond donors (Lipinski definition) is 2. The molecule has 110 valence electrons. The molecule has 7 nitrogen and oxygen atoms in total. The maximum atomic E-state index is 11.4. The van der Waals surface area contributed by atoms with E-state index in [2.05, 4.69) is 24.8 Å². The van der Waals surface area contributed by atoms with Crippen LogP contribution in [0.1, 0.15) is 32.1 Å². The van der Waals surface area contributed by atoms with Crippen molar-refractivity contribution in [3.05, 3.63) is 10.4 Å². The molecule has 0 saturated carbocycles. The minimum atomic E-state index is -0.0138. The van der Waals surface area contributed by atoms with Crippen LogP contribution in [0.4, 0.5) is 0 Å². The van der Waals surface area contributed by atoms with Gasteiger partial charge >= 0.3 is 0 Å². The van der Waals surface area contributed by atoms with Gasteiger partial charge in [0.1, 0.15) is 0 Å². The zero-order valence-electron chi connectivity index (χ0n) is 11.1. The van der Waals surface area contributed by atoms with Crippen LogP contribution in [0.3, 0.4) is 0 Å². The van der Waals surface area contributed by atoms with Crippen LogP contribution in [0.2, 0.25) is 0 Å². The molecule has 0 aromatic carbocycles. The van der Waals surface area contributed by atoms with Gasteiger partial charge in [0.2, 0.25) is 5.91 Å². The van der Waals surface area contributed by atoms with E-state index in [0.717, 1.165) is 19.3 Å². The fourth-order valence-electron chi connectivity index (χ4n) is 1.59. The van der Waals surface area contributed by atoms with Gasteiger partial charge in [-0.05, 0) is 24.8 Å². The lowest BCUT2D eigenvalue weighted by molar-refractivity contribution is -0.121. The van der Waals surface area contributed by atoms with Crippen LogP contribution in [-0.2, 0) is 9.32 Å². The van der Waals surface area contributed by atoms with Gasteiger partial charge in [-0.25, -0.2) is 0 Å². The van der Waals surface area contributed by atoms with Crippen molar-refractivity contribution in [3.63, 3.8) is 0 Å². The van der Waals surface area contributed by atoms with Crippen molar-refractivity contribution in [3.8, 4) is 0 Å². The van der Waals surface area contributed by atoms with Crippen LogP contribution < -0.4 is 5.32 Å². The van der Waals surface area contributed by atoms with Gasteiger partial charge < -0.3 is 14.9 Å². The van der Waals surface area contributed by atoms with Crippen molar-refractivity contribution >= 4 is 15.4 Å². The highest BCUT2D eigenvalue weighted by molar-refractivity contribution is 7.09. The average molecular weight is 290 g/mol. The standard InChI is InChI=1S/C11H23N4O3P/c12-15-14-7-3-5-11(17)13-6-2-1-4-10(8-16)9-18-19/h10,16H,1-9,19H2,(H,13,17). The molecule has 0 fully saturated rings. The van der Waals surface area contributed by atoms with Crippen LogP contribution in [-0.4, -0.2) is 37.3 Å². The predicted octanol–water partition coefficient (Wildman–Crippen LogP) is 1.78. The molecule has 0 bridgehead atoms. The predicted molar refractivity (Wildman–Crippen MR) is 76.3 cm³/mol. The highest BCUT2D eigenvalue weighted by atomic mass is 31.0. The van der Waals surface area contributed by atoms with Gasteiger partial charge in [-0.15, -0.1) is 0 Å². The number of amides is 1. The van der Waals surface area contributed by atoms with Gasteiger partial charge in [0.05, 0.1) is 6.61 Å². The molecule has 19 heavy (non-hydrogen) atoms. The number of nitrogens with zero attached hydrogens (tertiary/aromatic N) is 3. The molecular formula is C11H23N4O3P. The molecule has 0 aromatic rings. The molecule has 0 heterocycles. The van der Waals surface area contributed by atoms with Crippen molar-refractivity contribution in [2.45, 2.75) is 32.1 Å². The monoisotopic (exact) mass is 290 g/mol. The number of aliphatic hydroxyl groups excluding tert-OH is 1. The van der Waals surface area contributed by atoms with E-state index in [1.165, 1.54) is 0 Å². The second-order valence-corrected chi connectivity index (χ2v) is 4.62. The largest absolute Gasteiger partial charge is 0.396 e. The lowest BCUT2D eigenvalue weighted by atomic mass is 10.0. The van der Waals surface area contributed by atoms with Crippen LogP contribution >= 0.6 is 9.47 Å². The molecule has 2 atom stereocenters. The number of nitrogens with one attached hydrogen (secondary N) is 1. The lowest BCUT2D eigenvalue weighted by Gasteiger charge is -2.12. The zero-order valence-corrected chi connectivity index (χ0v) is 12.3. The van der Waals surface area contributed by atoms with E-state index < -0.39 is 0 Å². The summed E-state index contributed by atoms with van der Waals surface area (Å²) in [6.07, 6.45) is 3.68. The summed E-state index contributed by atoms with van der Waals surface area (Å²) in [5, 5.41) is 15.2. The summed E-state index contributed by atoms with van der Waals surface area (Å²) >= 11 is 0. The Bertz CT molecular complexity index is 285. The van der Waals surface area contributed by atoms with E-state index in [-0.39, 0.29) is 18.4 Å². The highest BCUT2D eigenvalue weighted by Gasteiger charge is 2.06. The van der Waals surface area contributed by atoms with Crippen molar-refractivity contribution < 1.29 is 14.4 Å². The van der Waals surface area contributed by atoms with Crippen LogP contribution in [0.5, 0.6) is 0 Å². The third-order valence-electron chi connectivity index (χ3n) is 2.68. The Balaban J connectivity index is 3.42. The first-order valence-corrected chi connectivity index (χ1v) is 6.91. The van der Waals surface area contributed by atoms with Crippen molar-refractivity contribution in [1.29, 1.82) is 0 Å². The Morgan fingerprint density at radius 2 is 2.26 bits per heavy atom. The quantitative estimate of drug-likeness (QED) is 0.188. The first-order valence-electron chi connectivity index (χ1n) is 6.44. The zero-order chi connectivity index (χ0) is 14.3. The number of rotatable bonds is 12. The van der Waals surface area contributed by atoms with Crippen LogP contribution in [0.25, 0.3) is 10.4 Å². The Morgan fingerprint density at radius 3 is 2.89 bits per heavy atom. The number of aliphatic hydroxyl groups is 1. The van der Waals surface area contributed by atoms with Gasteiger partial charge in [0.25, 0.3) is 0 Å². The summed E-state index contributed by atoms with van der Waals surface area (Å²) in [7, 11) is 2.18. The first-order chi connectivity index (χ1) is 9.24. The number of carbonyl (C=O) groups is 1. The summed E-state index contributed by atoms with van der Waals surface area (Å²) < 4.78 is 4.91. The molecule has 0 aliphatic heterocycles. The normalized spacial score (nSPS) is 11.7. The Kier molecular flexibility index (Phi) is 12.9. The van der Waals surface area contributed by atoms with Gasteiger partial charge in [-0.1, -0.05) is 11.5 Å². The second-order valence-electron chi connectivity index (χ2n) is 4.29. The summed E-state index contributed by atoms with van der Waals surface area (Å²) in [4.78, 5) is 14.0. The van der Waals surface area contributed by atoms with E-state index in [1.807, 2.05) is 0 Å². The summed E-state index contributed by atoms with van der Waals surface area (Å²) in [6, 6.07) is 0. The number of unbranched alkanes of at least 4 members (excludes halogenated alkanes) is 1. The third-order valence-corrected chi connectivity index (χ3v) is 2.87. The van der Waals surface area contributed by atoms with Crippen molar-refractivity contribution in [2.75, 3.05) is 26.3 Å². The van der Waals surface area contributed by atoms with Gasteiger partial charge in [0.15, 0.2) is 0 Å². The SMILES string of the molecule is [N-]=[N+]=NCCCC(=O)NCCCCC(CO)COP. The fraction of sp³-hybridized carbons (Fsp3) is 0.909. The van der Waals surface area contributed by atoms with E-state index in [4.69, 9.17) is 15.2 Å². The molecule has 2 unspecified atom stereocenters. The molecule has 0 rings (SSSR count). The first kappa shape index (κ1) is 18.1. The Hall–Kier alpha value is -0.870. The minimum Gasteiger partial charge on any atom is -0.396 e. The summed E-state index contributed by atoms with van der Waals surface area (Å²) in [5.74, 6) is 0.150. The maximum absolute atomic E-state index is 11.4. The lowest BCUT2D eigenvalue weighted by Crippen LogP contribution is -2.24. The summed E-state index contributed by atoms with van der Waals surface area (Å²) in [5.41, 5.74) is 8.07. The molecule has 0 saturated heterocycles. The number of azide groups is 1. The number of carbonyl (C=O) groups excluding carboxylic acids is 1. The molecule has 0 aliphatic carbocycles. The van der Waals surface area contributed by atoms with Crippen LogP contribution in [0.15, 0.2) is 5.11 Å². The van der Waals surface area contributed by atoms with Crippen molar-refractivity contribution in [1.82, 2.24) is 5.32 Å². The highest BCUT2D eigenvalue weighted by Crippen LogP contribution is 2.09. The molecule has 0 spiro atoms. The van der Waals surface area contributed by atoms with E-state index in [9.17, 15) is 4.79 Å². The van der Waals surface area contributed by atoms with Gasteiger partial charge in [-0.2, -0.15) is 0 Å². The van der Waals surface area contributed by atoms with E-state index >= 15 is 0 Å². The smallest absolute Gasteiger partial charge is 0.219 e. The van der Waals surface area contributed by atoms with Crippen LogP contribution in [0, 0.1) is 5.92 Å². The molecule has 1 amide bonds. The minimum absolute atomic E-state index is 0.0138. The second kappa shape index (κ2) is 13.6. The van der Waals surface area contributed by atoms with E-state index in [0.29, 0.717) is 32.5 Å². The van der Waals surface area contributed by atoms with E-state index in [1.54, 1.807) is 0 Å². The average Bonchev–Trinajstić information content (AvgIpc) is 2.42. The Morgan fingerprint density at radius 1 is 1.47 bits per heavy atom. The fourth-order valence-corrected chi connectivity index (χ4v) is 1.86. The van der Waals surface area contributed by atoms with Gasteiger partial charge in [0, 0.05) is 46.4 Å². The topological polar surface area (TPSA) is 107 Å². The molecule has 0 radical (unpaired) electrons. The Labute approximate surface area is 116 Å². The van der Waals surface area contributed by atoms with Crippen molar-refractivity contribution in [2.24, 2.45) is 11.0 Å². The molecule has 0 aromatic heterocycles. The molecule has 2 N–H and O–H groups in total. The molecular weight excluding hydrogens is 267 g/mol. The third kappa shape index (κ3) is 11.9. The summed E-state index contributed by atoms with van der Waals surface area (Å²) in [6.45, 7) is 1.66. The molecule has 8 heteroatoms. The van der Waals surface area contributed by atoms with Gasteiger partial charge in [-0.3, -0.25) is 4.79 Å². The maximum Gasteiger partial charge on any atom is 0.219 e. The number of hydrogen-bond acceptors (Lipinski definition) is 4.